The van der Waals surface area contributed by atoms with Gasteiger partial charge in [0.05, 0.1) is 10.6 Å². The number of thiophene rings is 1. The molecule has 20 heavy (non-hydrogen) atoms. The summed E-state index contributed by atoms with van der Waals surface area (Å²) in [5.74, 6) is 0.595. The van der Waals surface area contributed by atoms with Crippen LogP contribution >= 0.6 is 11.3 Å². The van der Waals surface area contributed by atoms with Gasteiger partial charge in [-0.05, 0) is 55.1 Å². The van der Waals surface area contributed by atoms with Gasteiger partial charge in [-0.15, -0.1) is 11.3 Å². The molecule has 1 aromatic heterocycles. The molecule has 1 aliphatic rings. The number of nitrogens with zero attached hydrogens (tertiary/aromatic N) is 2. The number of nitrogens with two attached hydrogens (primary N) is 1. The van der Waals surface area contributed by atoms with Crippen LogP contribution < -0.4 is 5.73 Å². The number of fused-ring (bicyclic) bond motifs is 1. The number of aliphatic imine (C=N–C) groups is 1. The van der Waals surface area contributed by atoms with Crippen molar-refractivity contribution in [2.75, 3.05) is 7.05 Å². The standard InChI is InChI=1S/C16H19N3S/c1-11-8-12-5-6-14(9-13(12)10-19(11)2)18-16(17)15-4-3-7-20-15/h3-7,9,11H,8,10H2,1-2H3,(H2,17,18). The zero-order chi connectivity index (χ0) is 14.1. The lowest BCUT2D eigenvalue weighted by atomic mass is 9.95. The summed E-state index contributed by atoms with van der Waals surface area (Å²) in [6.45, 7) is 3.25. The third kappa shape index (κ3) is 2.62. The Morgan fingerprint density at radius 2 is 2.20 bits per heavy atom. The largest absolute Gasteiger partial charge is 0.383 e. The maximum absolute atomic E-state index is 6.05. The van der Waals surface area contributed by atoms with Crippen LogP contribution in [0.2, 0.25) is 0 Å². The molecule has 1 unspecified atom stereocenters. The fourth-order valence-corrected chi connectivity index (χ4v) is 3.17. The van der Waals surface area contributed by atoms with Crippen LogP contribution in [0.25, 0.3) is 0 Å². The highest BCUT2D eigenvalue weighted by Crippen LogP contribution is 2.26. The maximum atomic E-state index is 6.05. The van der Waals surface area contributed by atoms with Crippen molar-refractivity contribution in [3.8, 4) is 0 Å². The molecular weight excluding hydrogens is 266 g/mol. The van der Waals surface area contributed by atoms with Crippen molar-refractivity contribution < 1.29 is 0 Å². The molecule has 2 N–H and O–H groups in total. The van der Waals surface area contributed by atoms with Crippen molar-refractivity contribution in [2.45, 2.75) is 25.9 Å². The van der Waals surface area contributed by atoms with Gasteiger partial charge in [0.2, 0.25) is 0 Å². The van der Waals surface area contributed by atoms with Crippen molar-refractivity contribution in [3.63, 3.8) is 0 Å². The minimum atomic E-state index is 0.595. The Bertz CT molecular complexity index is 631. The van der Waals surface area contributed by atoms with E-state index in [1.165, 1.54) is 11.1 Å². The second-order valence-electron chi connectivity index (χ2n) is 5.40. The molecule has 0 aliphatic carbocycles. The lowest BCUT2D eigenvalue weighted by molar-refractivity contribution is 0.231. The first-order valence-electron chi connectivity index (χ1n) is 6.83. The van der Waals surface area contributed by atoms with E-state index >= 15 is 0 Å². The highest BCUT2D eigenvalue weighted by Gasteiger charge is 2.19. The normalized spacial score (nSPS) is 19.9. The summed E-state index contributed by atoms with van der Waals surface area (Å²) in [7, 11) is 2.17. The van der Waals surface area contributed by atoms with E-state index in [0.717, 1.165) is 23.5 Å². The number of amidine groups is 1. The van der Waals surface area contributed by atoms with Crippen LogP contribution in [0.5, 0.6) is 0 Å². The number of hydrogen-bond acceptors (Lipinski definition) is 3. The number of rotatable bonds is 2. The molecule has 3 nitrogen and oxygen atoms in total. The first-order chi connectivity index (χ1) is 9.63. The smallest absolute Gasteiger partial charge is 0.141 e. The molecule has 0 radical (unpaired) electrons. The van der Waals surface area contributed by atoms with E-state index < -0.39 is 0 Å². The lowest BCUT2D eigenvalue weighted by Gasteiger charge is -2.31. The summed E-state index contributed by atoms with van der Waals surface area (Å²) < 4.78 is 0. The summed E-state index contributed by atoms with van der Waals surface area (Å²) in [4.78, 5) is 7.94. The van der Waals surface area contributed by atoms with Gasteiger partial charge in [-0.2, -0.15) is 0 Å². The van der Waals surface area contributed by atoms with Gasteiger partial charge in [0, 0.05) is 12.6 Å². The van der Waals surface area contributed by atoms with E-state index in [-0.39, 0.29) is 0 Å². The minimum absolute atomic E-state index is 0.595. The molecule has 0 saturated heterocycles. The Morgan fingerprint density at radius 1 is 1.35 bits per heavy atom. The van der Waals surface area contributed by atoms with E-state index in [0.29, 0.717) is 11.9 Å². The third-order valence-corrected chi connectivity index (χ3v) is 4.79. The maximum Gasteiger partial charge on any atom is 0.141 e. The molecule has 2 heterocycles. The molecule has 0 fully saturated rings. The van der Waals surface area contributed by atoms with Crippen molar-refractivity contribution >= 4 is 22.9 Å². The van der Waals surface area contributed by atoms with Crippen LogP contribution in [-0.2, 0) is 13.0 Å². The van der Waals surface area contributed by atoms with E-state index in [2.05, 4.69) is 42.1 Å². The predicted molar refractivity (Wildman–Crippen MR) is 85.8 cm³/mol. The minimum Gasteiger partial charge on any atom is -0.383 e. The highest BCUT2D eigenvalue weighted by atomic mass is 32.1. The summed E-state index contributed by atoms with van der Waals surface area (Å²) in [5, 5.41) is 2.01. The number of hydrogen-bond donors (Lipinski definition) is 1. The van der Waals surface area contributed by atoms with Crippen LogP contribution in [0.4, 0.5) is 5.69 Å². The number of benzene rings is 1. The van der Waals surface area contributed by atoms with Gasteiger partial charge in [0.1, 0.15) is 5.84 Å². The van der Waals surface area contributed by atoms with Crippen LogP contribution in [0, 0.1) is 0 Å². The molecule has 1 atom stereocenters. The second-order valence-corrected chi connectivity index (χ2v) is 6.34. The van der Waals surface area contributed by atoms with Gasteiger partial charge in [0.25, 0.3) is 0 Å². The van der Waals surface area contributed by atoms with Gasteiger partial charge in [-0.1, -0.05) is 12.1 Å². The van der Waals surface area contributed by atoms with Crippen LogP contribution in [-0.4, -0.2) is 23.8 Å². The van der Waals surface area contributed by atoms with E-state index in [9.17, 15) is 0 Å². The van der Waals surface area contributed by atoms with Crippen LogP contribution in [0.1, 0.15) is 22.9 Å². The zero-order valence-corrected chi connectivity index (χ0v) is 12.7. The molecule has 0 amide bonds. The zero-order valence-electron chi connectivity index (χ0n) is 11.8. The summed E-state index contributed by atoms with van der Waals surface area (Å²) in [6, 6.07) is 11.0. The fourth-order valence-electron chi connectivity index (χ4n) is 2.55. The molecule has 4 heteroatoms. The molecule has 0 spiro atoms. The third-order valence-electron chi connectivity index (χ3n) is 3.90. The first-order valence-corrected chi connectivity index (χ1v) is 7.71. The van der Waals surface area contributed by atoms with Crippen molar-refractivity contribution in [3.05, 3.63) is 51.7 Å². The van der Waals surface area contributed by atoms with Gasteiger partial charge in [-0.25, -0.2) is 4.99 Å². The monoisotopic (exact) mass is 285 g/mol. The van der Waals surface area contributed by atoms with Crippen molar-refractivity contribution in [1.29, 1.82) is 0 Å². The molecule has 3 rings (SSSR count). The van der Waals surface area contributed by atoms with E-state index in [1.54, 1.807) is 11.3 Å². The summed E-state index contributed by atoms with van der Waals surface area (Å²) >= 11 is 1.62. The Kier molecular flexibility index (Phi) is 3.59. The van der Waals surface area contributed by atoms with Gasteiger partial charge < -0.3 is 5.73 Å². The van der Waals surface area contributed by atoms with Gasteiger partial charge >= 0.3 is 0 Å². The van der Waals surface area contributed by atoms with Gasteiger partial charge in [0.15, 0.2) is 0 Å². The average molecular weight is 285 g/mol. The van der Waals surface area contributed by atoms with Crippen LogP contribution in [0.15, 0.2) is 40.7 Å². The quantitative estimate of drug-likeness (QED) is 0.680. The fraction of sp³-hybridized carbons (Fsp3) is 0.312. The molecule has 0 saturated carbocycles. The molecule has 1 aromatic carbocycles. The Balaban J connectivity index is 1.90. The average Bonchev–Trinajstić information content (AvgIpc) is 2.94. The predicted octanol–water partition coefficient (Wildman–Crippen LogP) is 3.16. The van der Waals surface area contributed by atoms with E-state index in [1.807, 2.05) is 17.5 Å². The molecule has 1 aliphatic heterocycles. The molecular formula is C16H19N3S. The first kappa shape index (κ1) is 13.3. The Hall–Kier alpha value is -1.65. The van der Waals surface area contributed by atoms with Crippen molar-refractivity contribution in [1.82, 2.24) is 4.90 Å². The summed E-state index contributed by atoms with van der Waals surface area (Å²) in [5.41, 5.74) is 9.79. The second kappa shape index (κ2) is 5.38. The highest BCUT2D eigenvalue weighted by molar-refractivity contribution is 7.12. The molecule has 0 bridgehead atoms. The Morgan fingerprint density at radius 3 is 2.95 bits per heavy atom. The van der Waals surface area contributed by atoms with Gasteiger partial charge in [-0.3, -0.25) is 4.90 Å². The van der Waals surface area contributed by atoms with E-state index in [4.69, 9.17) is 5.73 Å². The SMILES string of the molecule is CC1Cc2ccc(N=C(N)c3cccs3)cc2CN1C. The molecule has 104 valence electrons. The lowest BCUT2D eigenvalue weighted by Crippen LogP contribution is -2.34. The van der Waals surface area contributed by atoms with Crippen LogP contribution in [0.3, 0.4) is 0 Å². The summed E-state index contributed by atoms with van der Waals surface area (Å²) in [6.07, 6.45) is 1.11. The topological polar surface area (TPSA) is 41.6 Å². The van der Waals surface area contributed by atoms with Crippen molar-refractivity contribution in [2.24, 2.45) is 10.7 Å². The number of likely N-dealkylation sites (N-methyl/N-ethyl adjacent to an activating group) is 1. The molecule has 2 aromatic rings. The Labute approximate surface area is 123 Å².